The van der Waals surface area contributed by atoms with Gasteiger partial charge in [0.25, 0.3) is 0 Å². The van der Waals surface area contributed by atoms with Crippen LogP contribution in [0.3, 0.4) is 0 Å². The Labute approximate surface area is 38.0 Å². The first-order valence-electron chi connectivity index (χ1n) is 1.46. The van der Waals surface area contributed by atoms with E-state index in [1.165, 1.54) is 0 Å². The van der Waals surface area contributed by atoms with Gasteiger partial charge in [0.05, 0.1) is 0 Å². The van der Waals surface area contributed by atoms with Gasteiger partial charge in [-0.2, -0.15) is 0 Å². The maximum absolute atomic E-state index is 2.27. The van der Waals surface area contributed by atoms with Crippen LogP contribution in [0.1, 0.15) is 0 Å². The van der Waals surface area contributed by atoms with Crippen LogP contribution in [0.4, 0.5) is 0 Å². The van der Waals surface area contributed by atoms with Crippen molar-refractivity contribution in [1.29, 1.82) is 0 Å². The van der Waals surface area contributed by atoms with Crippen LogP contribution in [0.25, 0.3) is 0 Å². The first kappa shape index (κ1) is 3.03. The van der Waals surface area contributed by atoms with Gasteiger partial charge in [0.2, 0.25) is 0 Å². The van der Waals surface area contributed by atoms with Crippen LogP contribution >= 0.6 is 0 Å². The molecule has 1 aliphatic heterocycles. The third-order valence-electron chi connectivity index (χ3n) is 0.530. The van der Waals surface area contributed by atoms with Gasteiger partial charge in [0, 0.05) is 0 Å². The molecule has 0 saturated heterocycles. The number of hydrogen-bond donors (Lipinski definition) is 0. The SMILES string of the molecule is B[C]1=[Zr][CH2]1. The van der Waals surface area contributed by atoms with Gasteiger partial charge in [0.15, 0.2) is 0 Å². The second-order valence-electron chi connectivity index (χ2n) is 1.13. The fourth-order valence-electron chi connectivity index (χ4n) is 0.0884. The molecule has 0 aromatic heterocycles. The van der Waals surface area contributed by atoms with E-state index in [0.29, 0.717) is 22.8 Å². The monoisotopic (exact) mass is 129 g/mol. The van der Waals surface area contributed by atoms with Crippen LogP contribution in [0.2, 0.25) is 4.13 Å². The van der Waals surface area contributed by atoms with Gasteiger partial charge >= 0.3 is 37.8 Å². The van der Waals surface area contributed by atoms with E-state index in [1.54, 1.807) is 4.13 Å². The third kappa shape index (κ3) is 0.639. The molecule has 19 valence electrons. The molecule has 2 heteroatoms. The minimum atomic E-state index is 0.307. The summed E-state index contributed by atoms with van der Waals surface area (Å²) in [6.07, 6.45) is 0. The van der Waals surface area contributed by atoms with E-state index in [2.05, 4.69) is 7.85 Å². The van der Waals surface area contributed by atoms with Crippen molar-refractivity contribution >= 4 is 11.0 Å². The van der Waals surface area contributed by atoms with Crippen molar-refractivity contribution in [3.8, 4) is 0 Å². The van der Waals surface area contributed by atoms with E-state index in [0.717, 1.165) is 0 Å². The molecule has 0 radical (unpaired) electrons. The van der Waals surface area contributed by atoms with Gasteiger partial charge in [-0.25, -0.2) is 0 Å². The van der Waals surface area contributed by atoms with Crippen molar-refractivity contribution in [2.75, 3.05) is 0 Å². The van der Waals surface area contributed by atoms with E-state index >= 15 is 0 Å². The van der Waals surface area contributed by atoms with Crippen molar-refractivity contribution in [3.05, 3.63) is 0 Å². The van der Waals surface area contributed by atoms with Crippen molar-refractivity contribution < 1.29 is 22.8 Å². The number of rotatable bonds is 0. The van der Waals surface area contributed by atoms with Crippen LogP contribution in [0.5, 0.6) is 0 Å². The van der Waals surface area contributed by atoms with Crippen molar-refractivity contribution in [2.45, 2.75) is 4.13 Å². The molecule has 1 heterocycles. The summed E-state index contributed by atoms with van der Waals surface area (Å²) in [5.74, 6) is 0. The summed E-state index contributed by atoms with van der Waals surface area (Å²) in [6.45, 7) is 0. The van der Waals surface area contributed by atoms with E-state index in [1.807, 2.05) is 3.11 Å². The zero-order chi connectivity index (χ0) is 2.99. The van der Waals surface area contributed by atoms with Crippen molar-refractivity contribution in [2.24, 2.45) is 0 Å². The average Bonchev–Trinajstić information content (AvgIpc) is 1.75. The molecule has 0 amide bonds. The summed E-state index contributed by atoms with van der Waals surface area (Å²) < 4.78 is 3.41. The fourth-order valence-corrected chi connectivity index (χ4v) is 0.523. The molecule has 0 unspecified atom stereocenters. The molecule has 0 aliphatic carbocycles. The van der Waals surface area contributed by atoms with Gasteiger partial charge in [-0.3, -0.25) is 0 Å². The summed E-state index contributed by atoms with van der Waals surface area (Å²) in [7, 11) is 2.27. The minimum absolute atomic E-state index is 0.307. The zero-order valence-corrected chi connectivity index (χ0v) is 5.17. The Morgan fingerprint density at radius 2 is 2.25 bits per heavy atom. The fraction of sp³-hybridized carbons (Fsp3) is 0.500. The number of hydrogen-bond acceptors (Lipinski definition) is 0. The summed E-state index contributed by atoms with van der Waals surface area (Å²) in [6, 6.07) is 0. The maximum atomic E-state index is 2.27. The Morgan fingerprint density at radius 3 is 2.25 bits per heavy atom. The topological polar surface area (TPSA) is 0 Å². The Kier molecular flexibility index (Phi) is 0.678. The van der Waals surface area contributed by atoms with Crippen LogP contribution in [-0.2, 0) is 22.8 Å². The Balaban J connectivity index is 2.54. The third-order valence-corrected chi connectivity index (χ3v) is 3.14. The van der Waals surface area contributed by atoms with Crippen molar-refractivity contribution in [3.63, 3.8) is 0 Å². The standard InChI is InChI=1S/C2H4B.Zr/c1-2-3;/h1,3H2;. The second kappa shape index (κ2) is 0.896. The second-order valence-corrected chi connectivity index (χ2v) is 4.97. The van der Waals surface area contributed by atoms with Crippen LogP contribution in [0.15, 0.2) is 0 Å². The molecule has 4 heavy (non-hydrogen) atoms. The summed E-state index contributed by atoms with van der Waals surface area (Å²) >= 11 is 0.307. The molecular weight excluding hydrogens is 126 g/mol. The first-order valence-corrected chi connectivity index (χ1v) is 4.42. The van der Waals surface area contributed by atoms with Crippen LogP contribution in [0, 0.1) is 0 Å². The molecule has 0 nitrogen and oxygen atoms in total. The molecule has 1 aliphatic rings. The molecule has 0 N–H and O–H groups in total. The van der Waals surface area contributed by atoms with E-state index in [-0.39, 0.29) is 0 Å². The van der Waals surface area contributed by atoms with Gasteiger partial charge < -0.3 is 0 Å². The van der Waals surface area contributed by atoms with Gasteiger partial charge in [-0.05, 0) is 0 Å². The van der Waals surface area contributed by atoms with Gasteiger partial charge in [-0.1, -0.05) is 0 Å². The predicted octanol–water partition coefficient (Wildman–Crippen LogP) is -0.736. The molecule has 0 atom stereocenters. The zero-order valence-electron chi connectivity index (χ0n) is 2.71. The van der Waals surface area contributed by atoms with E-state index in [9.17, 15) is 0 Å². The molecular formula is C2H4BZr. The van der Waals surface area contributed by atoms with Crippen LogP contribution in [-0.4, -0.2) is 11.0 Å². The first-order chi connectivity index (χ1) is 1.89. The molecule has 1 rings (SSSR count). The summed E-state index contributed by atoms with van der Waals surface area (Å²) in [4.78, 5) is 0. The molecule has 0 aromatic rings. The predicted molar refractivity (Wildman–Crippen MR) is 18.4 cm³/mol. The molecule has 0 spiro atoms. The summed E-state index contributed by atoms with van der Waals surface area (Å²) in [5, 5.41) is 0. The Bertz CT molecular complexity index is 57.1. The van der Waals surface area contributed by atoms with Crippen molar-refractivity contribution in [1.82, 2.24) is 0 Å². The molecule has 0 aromatic carbocycles. The van der Waals surface area contributed by atoms with E-state index < -0.39 is 0 Å². The van der Waals surface area contributed by atoms with E-state index in [4.69, 9.17) is 0 Å². The normalized spacial score (nSPS) is 17.5. The summed E-state index contributed by atoms with van der Waals surface area (Å²) in [5.41, 5.74) is 0. The Hall–Kier alpha value is 0.818. The molecule has 0 bridgehead atoms. The molecule has 0 saturated carbocycles. The van der Waals surface area contributed by atoms with Crippen LogP contribution < -0.4 is 0 Å². The van der Waals surface area contributed by atoms with Gasteiger partial charge in [0.1, 0.15) is 0 Å². The Morgan fingerprint density at radius 1 is 2.00 bits per heavy atom. The average molecular weight is 130 g/mol. The quantitative estimate of drug-likeness (QED) is 0.379. The van der Waals surface area contributed by atoms with Gasteiger partial charge in [-0.15, -0.1) is 0 Å². The molecule has 0 fully saturated rings.